The van der Waals surface area contributed by atoms with Gasteiger partial charge in [-0.05, 0) is 90.4 Å². The standard InChI is InChI=1S/C31H43N2O3P/c1-6-27(35)31(5)18(2)11-24-23-10-7-20-12-25-19(13-29(20,3)28(23)26(34)14-30(24,31)4)15-32-33(25)16-21-8-9-22(17-37)36-21/h8-9,12,15,18,23-24,26,28,34H,6-7,10-11,13-14,16-17,37H2,1-5H3/t18-,23+,24+,26+,28-,29+,30+,31-/m1/s1. The van der Waals surface area contributed by atoms with E-state index in [4.69, 9.17) is 9.52 Å². The van der Waals surface area contributed by atoms with Gasteiger partial charge in [-0.3, -0.25) is 9.48 Å². The zero-order valence-corrected chi connectivity index (χ0v) is 24.2. The SMILES string of the molecule is CCC(=O)[C@@]1(C)[C@H](C)C[C@H]2[C@@H]3CCC4=Cc5c(cnn5Cc5ccc(CP)o5)C[C@]4(C)[C@H]3[C@@H](O)C[C@@]21C. The predicted molar refractivity (Wildman–Crippen MR) is 149 cm³/mol. The first-order valence-corrected chi connectivity index (χ1v) is 15.1. The molecule has 5 nitrogen and oxygen atoms in total. The molecule has 2 aromatic heterocycles. The number of aromatic nitrogens is 2. The Bertz CT molecular complexity index is 1260. The molecular weight excluding hydrogens is 479 g/mol. The molecule has 2 aromatic rings. The summed E-state index contributed by atoms with van der Waals surface area (Å²) in [5.74, 6) is 3.81. The lowest BCUT2D eigenvalue weighted by Crippen LogP contribution is -2.59. The van der Waals surface area contributed by atoms with Crippen LogP contribution in [0.3, 0.4) is 0 Å². The Morgan fingerprint density at radius 1 is 1.27 bits per heavy atom. The number of nitrogens with zero attached hydrogens (tertiary/aromatic N) is 2. The van der Waals surface area contributed by atoms with Crippen LogP contribution in [0.15, 0.2) is 28.3 Å². The number of rotatable bonds is 5. The van der Waals surface area contributed by atoms with Crippen LogP contribution < -0.4 is 0 Å². The molecule has 1 unspecified atom stereocenters. The molecule has 0 saturated heterocycles. The summed E-state index contributed by atoms with van der Waals surface area (Å²) in [6.45, 7) is 11.9. The third-order valence-corrected chi connectivity index (χ3v) is 12.2. The van der Waals surface area contributed by atoms with Crippen LogP contribution >= 0.6 is 9.24 Å². The molecule has 200 valence electrons. The van der Waals surface area contributed by atoms with Crippen molar-refractivity contribution in [2.24, 2.45) is 39.9 Å². The first-order valence-electron chi connectivity index (χ1n) is 14.3. The van der Waals surface area contributed by atoms with Crippen LogP contribution in [-0.4, -0.2) is 26.8 Å². The van der Waals surface area contributed by atoms with Crippen molar-refractivity contribution in [1.82, 2.24) is 9.78 Å². The molecule has 0 aliphatic heterocycles. The normalized spacial score (nSPS) is 40.4. The van der Waals surface area contributed by atoms with Crippen molar-refractivity contribution in [3.63, 3.8) is 0 Å². The summed E-state index contributed by atoms with van der Waals surface area (Å²) >= 11 is 0. The Hall–Kier alpha value is -1.71. The number of hydrogen-bond acceptors (Lipinski definition) is 4. The van der Waals surface area contributed by atoms with Gasteiger partial charge in [0.1, 0.15) is 17.3 Å². The summed E-state index contributed by atoms with van der Waals surface area (Å²) in [6.07, 6.45) is 10.3. The summed E-state index contributed by atoms with van der Waals surface area (Å²) in [4.78, 5) is 13.3. The maximum atomic E-state index is 13.3. The topological polar surface area (TPSA) is 68.3 Å². The van der Waals surface area contributed by atoms with Crippen LogP contribution in [0.2, 0.25) is 0 Å². The van der Waals surface area contributed by atoms with Gasteiger partial charge in [0.25, 0.3) is 0 Å². The van der Waals surface area contributed by atoms with Gasteiger partial charge >= 0.3 is 0 Å². The average Bonchev–Trinajstić information content (AvgIpc) is 3.54. The Morgan fingerprint density at radius 2 is 2.03 bits per heavy atom. The minimum absolute atomic E-state index is 0.0706. The number of carbonyl (C=O) groups is 1. The van der Waals surface area contributed by atoms with Gasteiger partial charge in [0.15, 0.2) is 0 Å². The van der Waals surface area contributed by atoms with Gasteiger partial charge in [0, 0.05) is 18.0 Å². The van der Waals surface area contributed by atoms with E-state index in [-0.39, 0.29) is 28.3 Å². The smallest absolute Gasteiger partial charge is 0.139 e. The van der Waals surface area contributed by atoms with E-state index < -0.39 is 0 Å². The number of fused-ring (bicyclic) bond motifs is 6. The number of aliphatic hydroxyl groups is 1. The van der Waals surface area contributed by atoms with Gasteiger partial charge in [-0.1, -0.05) is 40.2 Å². The first kappa shape index (κ1) is 25.6. The maximum Gasteiger partial charge on any atom is 0.139 e. The molecular formula is C31H43N2O3P. The van der Waals surface area contributed by atoms with Gasteiger partial charge < -0.3 is 9.52 Å². The number of carbonyl (C=O) groups excluding carboxylic acids is 1. The van der Waals surface area contributed by atoms with E-state index in [0.717, 1.165) is 49.8 Å². The molecule has 4 aliphatic carbocycles. The van der Waals surface area contributed by atoms with E-state index in [9.17, 15) is 9.90 Å². The molecule has 3 saturated carbocycles. The molecule has 1 N–H and O–H groups in total. The van der Waals surface area contributed by atoms with Crippen LogP contribution in [0.4, 0.5) is 0 Å². The summed E-state index contributed by atoms with van der Waals surface area (Å²) in [5.41, 5.74) is 3.38. The van der Waals surface area contributed by atoms with E-state index in [2.05, 4.69) is 47.7 Å². The van der Waals surface area contributed by atoms with E-state index in [0.29, 0.717) is 36.5 Å². The van der Waals surface area contributed by atoms with Crippen molar-refractivity contribution in [2.75, 3.05) is 0 Å². The number of ketones is 1. The number of aliphatic hydroxyl groups excluding tert-OH is 1. The second-order valence-electron chi connectivity index (χ2n) is 13.2. The van der Waals surface area contributed by atoms with Crippen LogP contribution in [0.5, 0.6) is 0 Å². The Labute approximate surface area is 223 Å². The Balaban J connectivity index is 1.33. The Morgan fingerprint density at radius 3 is 2.73 bits per heavy atom. The predicted octanol–water partition coefficient (Wildman–Crippen LogP) is 6.28. The molecule has 6 heteroatoms. The number of hydrogen-bond donors (Lipinski definition) is 1. The minimum Gasteiger partial charge on any atom is -0.464 e. The lowest BCUT2D eigenvalue weighted by molar-refractivity contribution is -0.158. The highest BCUT2D eigenvalue weighted by atomic mass is 31.0. The second kappa shape index (κ2) is 8.65. The number of allylic oxidation sites excluding steroid dienone is 1. The van der Waals surface area contributed by atoms with Crippen molar-refractivity contribution in [2.45, 2.75) is 92.0 Å². The lowest BCUT2D eigenvalue weighted by atomic mass is 9.44. The minimum atomic E-state index is -0.390. The van der Waals surface area contributed by atoms with Gasteiger partial charge in [-0.15, -0.1) is 9.24 Å². The summed E-state index contributed by atoms with van der Waals surface area (Å²) in [5, 5.41) is 16.7. The van der Waals surface area contributed by atoms with Gasteiger partial charge in [-0.25, -0.2) is 0 Å². The third-order valence-electron chi connectivity index (χ3n) is 11.8. The molecule has 6 rings (SSSR count). The fourth-order valence-corrected chi connectivity index (χ4v) is 9.87. The van der Waals surface area contributed by atoms with Gasteiger partial charge in [0.05, 0.1) is 24.5 Å². The number of Topliss-reactive ketones (excluding diaryl/α,β-unsaturated/α-hetero) is 1. The molecule has 0 radical (unpaired) electrons. The van der Waals surface area contributed by atoms with Crippen LogP contribution in [0, 0.1) is 39.9 Å². The summed E-state index contributed by atoms with van der Waals surface area (Å²) < 4.78 is 8.03. The second-order valence-corrected chi connectivity index (χ2v) is 13.6. The van der Waals surface area contributed by atoms with Gasteiger partial charge in [0.2, 0.25) is 0 Å². The number of furan rings is 1. The molecule has 0 bridgehead atoms. The summed E-state index contributed by atoms with van der Waals surface area (Å²) in [6, 6.07) is 4.09. The highest BCUT2D eigenvalue weighted by Crippen LogP contribution is 2.71. The van der Waals surface area contributed by atoms with Crippen molar-refractivity contribution in [3.05, 3.63) is 46.7 Å². The van der Waals surface area contributed by atoms with Crippen LogP contribution in [0.25, 0.3) is 6.08 Å². The van der Waals surface area contributed by atoms with Crippen molar-refractivity contribution < 1.29 is 14.3 Å². The first-order chi connectivity index (χ1) is 17.6. The highest BCUT2D eigenvalue weighted by molar-refractivity contribution is 7.15. The molecule has 4 aliphatic rings. The largest absolute Gasteiger partial charge is 0.464 e. The molecule has 0 aromatic carbocycles. The fraction of sp³-hybridized carbons (Fsp3) is 0.677. The molecule has 0 spiro atoms. The van der Waals surface area contributed by atoms with Crippen molar-refractivity contribution >= 4 is 21.1 Å². The van der Waals surface area contributed by atoms with E-state index in [1.54, 1.807) is 0 Å². The van der Waals surface area contributed by atoms with Crippen molar-refractivity contribution in [3.8, 4) is 0 Å². The maximum absolute atomic E-state index is 13.3. The van der Waals surface area contributed by atoms with E-state index in [1.165, 1.54) is 16.8 Å². The monoisotopic (exact) mass is 522 g/mol. The molecule has 37 heavy (non-hydrogen) atoms. The van der Waals surface area contributed by atoms with Crippen LogP contribution in [0.1, 0.15) is 89.5 Å². The zero-order chi connectivity index (χ0) is 26.3. The van der Waals surface area contributed by atoms with Crippen LogP contribution in [-0.2, 0) is 23.9 Å². The zero-order valence-electron chi connectivity index (χ0n) is 23.1. The fourth-order valence-electron chi connectivity index (χ4n) is 9.65. The quantitative estimate of drug-likeness (QED) is 0.469. The lowest BCUT2D eigenvalue weighted by Gasteiger charge is -2.61. The Kier molecular flexibility index (Phi) is 5.97. The average molecular weight is 523 g/mol. The van der Waals surface area contributed by atoms with Crippen molar-refractivity contribution in [1.29, 1.82) is 0 Å². The van der Waals surface area contributed by atoms with Gasteiger partial charge in [-0.2, -0.15) is 5.10 Å². The molecule has 9 atom stereocenters. The molecule has 2 heterocycles. The van der Waals surface area contributed by atoms with E-state index >= 15 is 0 Å². The summed E-state index contributed by atoms with van der Waals surface area (Å²) in [7, 11) is 2.71. The van der Waals surface area contributed by atoms with E-state index in [1.807, 2.05) is 25.3 Å². The third kappa shape index (κ3) is 3.42. The molecule has 3 fully saturated rings. The highest BCUT2D eigenvalue weighted by Gasteiger charge is 2.68. The molecule has 0 amide bonds.